The molecular formula is C18H20O4S. The van der Waals surface area contributed by atoms with Crippen molar-refractivity contribution in [1.82, 2.24) is 0 Å². The molecule has 2 rings (SSSR count). The summed E-state index contributed by atoms with van der Waals surface area (Å²) in [6.45, 7) is 0. The SMILES string of the molecule is COc1cc(C=CC(=O)CCc2cccs2)cc(OC)c1OC. The molecule has 23 heavy (non-hydrogen) atoms. The van der Waals surface area contributed by atoms with E-state index in [9.17, 15) is 4.79 Å². The van der Waals surface area contributed by atoms with Gasteiger partial charge in [-0.15, -0.1) is 11.3 Å². The van der Waals surface area contributed by atoms with Gasteiger partial charge in [0.1, 0.15) is 0 Å². The topological polar surface area (TPSA) is 44.8 Å². The Hall–Kier alpha value is -2.27. The van der Waals surface area contributed by atoms with Crippen molar-refractivity contribution in [2.24, 2.45) is 0 Å². The molecule has 0 amide bonds. The van der Waals surface area contributed by atoms with Crippen LogP contribution in [0.5, 0.6) is 17.2 Å². The molecule has 0 atom stereocenters. The van der Waals surface area contributed by atoms with E-state index in [1.54, 1.807) is 44.8 Å². The summed E-state index contributed by atoms with van der Waals surface area (Å²) in [5.74, 6) is 1.76. The Morgan fingerprint density at radius 2 is 1.83 bits per heavy atom. The lowest BCUT2D eigenvalue weighted by molar-refractivity contribution is -0.114. The predicted octanol–water partition coefficient (Wildman–Crippen LogP) is 3.99. The highest BCUT2D eigenvalue weighted by Crippen LogP contribution is 2.38. The molecule has 2 aromatic rings. The van der Waals surface area contributed by atoms with Gasteiger partial charge in [-0.25, -0.2) is 0 Å². The number of carbonyl (C=O) groups is 1. The summed E-state index contributed by atoms with van der Waals surface area (Å²) < 4.78 is 15.9. The number of ether oxygens (including phenoxy) is 3. The quantitative estimate of drug-likeness (QED) is 0.686. The molecule has 0 aliphatic heterocycles. The van der Waals surface area contributed by atoms with Crippen LogP contribution in [0.15, 0.2) is 35.7 Å². The Balaban J connectivity index is 2.07. The third-order valence-corrected chi connectivity index (χ3v) is 4.28. The van der Waals surface area contributed by atoms with Crippen molar-refractivity contribution in [3.63, 3.8) is 0 Å². The predicted molar refractivity (Wildman–Crippen MR) is 92.8 cm³/mol. The van der Waals surface area contributed by atoms with Crippen LogP contribution >= 0.6 is 11.3 Å². The fourth-order valence-electron chi connectivity index (χ4n) is 2.17. The van der Waals surface area contributed by atoms with Crippen molar-refractivity contribution in [2.45, 2.75) is 12.8 Å². The fourth-order valence-corrected chi connectivity index (χ4v) is 2.88. The smallest absolute Gasteiger partial charge is 0.203 e. The maximum Gasteiger partial charge on any atom is 0.203 e. The lowest BCUT2D eigenvalue weighted by Gasteiger charge is -2.12. The maximum atomic E-state index is 12.0. The molecule has 0 fully saturated rings. The van der Waals surface area contributed by atoms with E-state index in [4.69, 9.17) is 14.2 Å². The first-order chi connectivity index (χ1) is 11.2. The molecule has 0 spiro atoms. The average Bonchev–Trinajstić information content (AvgIpc) is 3.10. The highest BCUT2D eigenvalue weighted by atomic mass is 32.1. The second kappa shape index (κ2) is 8.39. The third-order valence-electron chi connectivity index (χ3n) is 3.35. The van der Waals surface area contributed by atoms with Crippen LogP contribution in [0.25, 0.3) is 6.08 Å². The van der Waals surface area contributed by atoms with Gasteiger partial charge in [0.2, 0.25) is 5.75 Å². The summed E-state index contributed by atoms with van der Waals surface area (Å²) in [6, 6.07) is 7.66. The van der Waals surface area contributed by atoms with Gasteiger partial charge in [-0.3, -0.25) is 4.79 Å². The minimum atomic E-state index is 0.0900. The van der Waals surface area contributed by atoms with Gasteiger partial charge in [0.25, 0.3) is 0 Å². The molecule has 0 unspecified atom stereocenters. The van der Waals surface area contributed by atoms with Crippen LogP contribution in [0.4, 0.5) is 0 Å². The summed E-state index contributed by atoms with van der Waals surface area (Å²) in [4.78, 5) is 13.2. The molecule has 0 saturated heterocycles. The number of hydrogen-bond acceptors (Lipinski definition) is 5. The van der Waals surface area contributed by atoms with Crippen LogP contribution in [-0.4, -0.2) is 27.1 Å². The second-order valence-corrected chi connectivity index (χ2v) is 5.87. The van der Waals surface area contributed by atoms with E-state index >= 15 is 0 Å². The van der Waals surface area contributed by atoms with Crippen molar-refractivity contribution in [3.05, 3.63) is 46.2 Å². The van der Waals surface area contributed by atoms with Gasteiger partial charge < -0.3 is 14.2 Å². The van der Waals surface area contributed by atoms with Crippen LogP contribution in [0.3, 0.4) is 0 Å². The largest absolute Gasteiger partial charge is 0.493 e. The molecule has 4 nitrogen and oxygen atoms in total. The highest BCUT2D eigenvalue weighted by Gasteiger charge is 2.12. The molecule has 122 valence electrons. The second-order valence-electron chi connectivity index (χ2n) is 4.84. The standard InChI is InChI=1S/C18H20O4S/c1-20-16-11-13(12-17(21-2)18(16)22-3)6-7-14(19)8-9-15-5-4-10-23-15/h4-7,10-12H,8-9H2,1-3H3. The number of hydrogen-bond donors (Lipinski definition) is 0. The van der Waals surface area contributed by atoms with Gasteiger partial charge in [0.05, 0.1) is 21.3 Å². The summed E-state index contributed by atoms with van der Waals surface area (Å²) in [6.07, 6.45) is 4.63. The van der Waals surface area contributed by atoms with Crippen LogP contribution < -0.4 is 14.2 Å². The minimum absolute atomic E-state index is 0.0900. The van der Waals surface area contributed by atoms with E-state index in [1.165, 1.54) is 4.88 Å². The first kappa shape index (κ1) is 17.1. The zero-order chi connectivity index (χ0) is 16.7. The first-order valence-electron chi connectivity index (χ1n) is 7.21. The Bertz CT molecular complexity index is 649. The Kier molecular flexibility index (Phi) is 6.23. The van der Waals surface area contributed by atoms with Gasteiger partial charge in [-0.2, -0.15) is 0 Å². The van der Waals surface area contributed by atoms with Crippen LogP contribution in [0.2, 0.25) is 0 Å². The molecule has 0 aliphatic carbocycles. The van der Waals surface area contributed by atoms with Gasteiger partial charge in [0.15, 0.2) is 17.3 Å². The fraction of sp³-hybridized carbons (Fsp3) is 0.278. The summed E-state index contributed by atoms with van der Waals surface area (Å²) in [5.41, 5.74) is 0.823. The number of benzene rings is 1. The number of rotatable bonds is 8. The molecule has 0 aliphatic rings. The number of allylic oxidation sites excluding steroid dienone is 1. The number of ketones is 1. The van der Waals surface area contributed by atoms with Gasteiger partial charge in [0, 0.05) is 11.3 Å². The first-order valence-corrected chi connectivity index (χ1v) is 8.09. The number of methoxy groups -OCH3 is 3. The zero-order valence-corrected chi connectivity index (χ0v) is 14.3. The van der Waals surface area contributed by atoms with Crippen molar-refractivity contribution in [1.29, 1.82) is 0 Å². The summed E-state index contributed by atoms with van der Waals surface area (Å²) in [5, 5.41) is 2.02. The van der Waals surface area contributed by atoms with E-state index < -0.39 is 0 Å². The van der Waals surface area contributed by atoms with Crippen molar-refractivity contribution in [2.75, 3.05) is 21.3 Å². The van der Waals surface area contributed by atoms with E-state index in [0.717, 1.165) is 12.0 Å². The van der Waals surface area contributed by atoms with Gasteiger partial charge >= 0.3 is 0 Å². The van der Waals surface area contributed by atoms with Crippen LogP contribution in [-0.2, 0) is 11.2 Å². The van der Waals surface area contributed by atoms with Crippen molar-refractivity contribution < 1.29 is 19.0 Å². The highest BCUT2D eigenvalue weighted by molar-refractivity contribution is 7.09. The zero-order valence-electron chi connectivity index (χ0n) is 13.5. The van der Waals surface area contributed by atoms with Gasteiger partial charge in [-0.05, 0) is 41.6 Å². The number of thiophene rings is 1. The molecule has 0 saturated carbocycles. The Labute approximate surface area is 140 Å². The van der Waals surface area contributed by atoms with Crippen molar-refractivity contribution >= 4 is 23.2 Å². The van der Waals surface area contributed by atoms with Crippen LogP contribution in [0.1, 0.15) is 16.9 Å². The molecule has 1 heterocycles. The van der Waals surface area contributed by atoms with Crippen LogP contribution in [0, 0.1) is 0 Å². The molecule has 1 aromatic carbocycles. The maximum absolute atomic E-state index is 12.0. The molecule has 0 bridgehead atoms. The molecule has 1 aromatic heterocycles. The lowest BCUT2D eigenvalue weighted by Crippen LogP contribution is -1.96. The lowest BCUT2D eigenvalue weighted by atomic mass is 10.1. The third kappa shape index (κ3) is 4.60. The summed E-state index contributed by atoms with van der Waals surface area (Å²) >= 11 is 1.67. The molecule has 0 radical (unpaired) electrons. The van der Waals surface area contributed by atoms with Crippen molar-refractivity contribution in [3.8, 4) is 17.2 Å². The molecule has 5 heteroatoms. The van der Waals surface area contributed by atoms with E-state index in [1.807, 2.05) is 29.6 Å². The number of aryl methyl sites for hydroxylation is 1. The minimum Gasteiger partial charge on any atom is -0.493 e. The van der Waals surface area contributed by atoms with E-state index in [0.29, 0.717) is 23.7 Å². The number of carbonyl (C=O) groups excluding carboxylic acids is 1. The van der Waals surface area contributed by atoms with Gasteiger partial charge in [-0.1, -0.05) is 12.1 Å². The summed E-state index contributed by atoms with van der Waals surface area (Å²) in [7, 11) is 4.69. The van der Waals surface area contributed by atoms with E-state index in [-0.39, 0.29) is 5.78 Å². The van der Waals surface area contributed by atoms with E-state index in [2.05, 4.69) is 0 Å². The molecular weight excluding hydrogens is 312 g/mol. The monoisotopic (exact) mass is 332 g/mol. The Morgan fingerprint density at radius 1 is 1.13 bits per heavy atom. The normalized spacial score (nSPS) is 10.7. The average molecular weight is 332 g/mol. The Morgan fingerprint density at radius 3 is 2.35 bits per heavy atom. The molecule has 0 N–H and O–H groups in total.